The van der Waals surface area contributed by atoms with Gasteiger partial charge in [-0.2, -0.15) is 18.4 Å². The lowest BCUT2D eigenvalue weighted by molar-refractivity contribution is -0.221. The molecule has 0 bridgehead atoms. The maximum atomic E-state index is 12.6. The first-order valence-electron chi connectivity index (χ1n) is 5.70. The van der Waals surface area contributed by atoms with E-state index in [2.05, 4.69) is 0 Å². The zero-order chi connectivity index (χ0) is 15.2. The Kier molecular flexibility index (Phi) is 3.32. The van der Waals surface area contributed by atoms with Gasteiger partial charge in [-0.05, 0) is 30.2 Å². The molecular formula is C13H10F3NO3. The molecule has 2 N–H and O–H groups in total. The highest BCUT2D eigenvalue weighted by molar-refractivity contribution is 6.04. The second-order valence-electron chi connectivity index (χ2n) is 4.69. The van der Waals surface area contributed by atoms with Crippen LogP contribution in [0.2, 0.25) is 0 Å². The minimum absolute atomic E-state index is 0.0438. The molecule has 0 aliphatic heterocycles. The number of ketones is 1. The van der Waals surface area contributed by atoms with Crippen molar-refractivity contribution in [3.05, 3.63) is 34.4 Å². The summed E-state index contributed by atoms with van der Waals surface area (Å²) in [7, 11) is 0. The van der Waals surface area contributed by atoms with Crippen molar-refractivity contribution in [3.63, 3.8) is 0 Å². The fourth-order valence-electron chi connectivity index (χ4n) is 2.48. The fraction of sp³-hybridized carbons (Fsp3) is 0.385. The largest absolute Gasteiger partial charge is 0.415 e. The van der Waals surface area contributed by atoms with Crippen molar-refractivity contribution in [1.82, 2.24) is 0 Å². The number of carbonyl (C=O) groups excluding carboxylic acids is 1. The number of carbonyl (C=O) groups is 1. The van der Waals surface area contributed by atoms with Crippen LogP contribution in [-0.2, 0) is 0 Å². The highest BCUT2D eigenvalue weighted by Crippen LogP contribution is 2.43. The van der Waals surface area contributed by atoms with E-state index in [4.69, 9.17) is 5.26 Å². The molecule has 20 heavy (non-hydrogen) atoms. The fourth-order valence-corrected chi connectivity index (χ4v) is 2.48. The molecular weight excluding hydrogens is 275 g/mol. The summed E-state index contributed by atoms with van der Waals surface area (Å²) in [6.07, 6.45) is -9.68. The molecule has 0 aromatic heterocycles. The number of Topliss-reactive ketones (excluding diaryl/α,β-unsaturated/α-hetero) is 1. The number of fused-ring (bicyclic) bond motifs is 1. The van der Waals surface area contributed by atoms with E-state index < -0.39 is 30.1 Å². The Hall–Kier alpha value is -1.91. The number of aryl methyl sites for hydroxylation is 1. The molecule has 3 atom stereocenters. The SMILES string of the molecule is Cc1cc(C#N)cc2c1C(O)C(C(O)C(F)(F)F)C2=O. The molecule has 0 radical (unpaired) electrons. The van der Waals surface area contributed by atoms with Crippen molar-refractivity contribution in [1.29, 1.82) is 5.26 Å². The van der Waals surface area contributed by atoms with E-state index in [0.29, 0.717) is 5.56 Å². The van der Waals surface area contributed by atoms with Gasteiger partial charge < -0.3 is 10.2 Å². The van der Waals surface area contributed by atoms with Crippen LogP contribution in [0, 0.1) is 24.2 Å². The molecule has 106 valence electrons. The lowest BCUT2D eigenvalue weighted by Gasteiger charge is -2.22. The Morgan fingerprint density at radius 3 is 2.50 bits per heavy atom. The Morgan fingerprint density at radius 2 is 2.00 bits per heavy atom. The van der Waals surface area contributed by atoms with Crippen LogP contribution in [0.4, 0.5) is 13.2 Å². The smallest absolute Gasteiger partial charge is 0.388 e. The molecule has 1 aromatic rings. The van der Waals surface area contributed by atoms with Gasteiger partial charge in [0.05, 0.1) is 23.7 Å². The van der Waals surface area contributed by atoms with Gasteiger partial charge in [0.1, 0.15) is 0 Å². The first-order chi connectivity index (χ1) is 9.18. The van der Waals surface area contributed by atoms with Crippen molar-refractivity contribution >= 4 is 5.78 Å². The maximum Gasteiger partial charge on any atom is 0.415 e. The van der Waals surface area contributed by atoms with Crippen LogP contribution in [0.1, 0.15) is 33.2 Å². The first-order valence-corrected chi connectivity index (χ1v) is 5.70. The molecule has 7 heteroatoms. The Bertz CT molecular complexity index is 619. The van der Waals surface area contributed by atoms with Crippen LogP contribution in [0.15, 0.2) is 12.1 Å². The van der Waals surface area contributed by atoms with Crippen molar-refractivity contribution in [2.45, 2.75) is 25.3 Å². The second-order valence-corrected chi connectivity index (χ2v) is 4.69. The quantitative estimate of drug-likeness (QED) is 0.821. The average molecular weight is 285 g/mol. The molecule has 0 saturated heterocycles. The van der Waals surface area contributed by atoms with E-state index in [9.17, 15) is 28.2 Å². The van der Waals surface area contributed by atoms with Crippen LogP contribution in [0.25, 0.3) is 0 Å². The summed E-state index contributed by atoms with van der Waals surface area (Å²) in [6.45, 7) is 1.48. The average Bonchev–Trinajstić information content (AvgIpc) is 2.60. The summed E-state index contributed by atoms with van der Waals surface area (Å²) in [5, 5.41) is 28.0. The number of rotatable bonds is 1. The van der Waals surface area contributed by atoms with Gasteiger partial charge in [0.2, 0.25) is 0 Å². The second kappa shape index (κ2) is 4.58. The number of aliphatic hydroxyl groups is 2. The summed E-state index contributed by atoms with van der Waals surface area (Å²) in [4.78, 5) is 12.0. The summed E-state index contributed by atoms with van der Waals surface area (Å²) < 4.78 is 37.7. The number of hydrogen-bond donors (Lipinski definition) is 2. The summed E-state index contributed by atoms with van der Waals surface area (Å²) in [5.41, 5.74) is 0.366. The topological polar surface area (TPSA) is 81.3 Å². The minimum atomic E-state index is -5.00. The standard InChI is InChI=1S/C13H10F3NO3/c1-5-2-6(4-17)3-7-8(5)11(19)9(10(7)18)12(20)13(14,15)16/h2-3,9,11-12,19-20H,1H3. The highest BCUT2D eigenvalue weighted by Gasteiger charge is 2.53. The molecule has 4 nitrogen and oxygen atoms in total. The van der Waals surface area contributed by atoms with Gasteiger partial charge in [-0.15, -0.1) is 0 Å². The predicted octanol–water partition coefficient (Wildman–Crippen LogP) is 1.64. The first kappa shape index (κ1) is 14.5. The number of nitrogens with zero attached hydrogens (tertiary/aromatic N) is 1. The molecule has 0 amide bonds. The summed E-state index contributed by atoms with van der Waals surface area (Å²) in [6, 6.07) is 4.30. The third kappa shape index (κ3) is 2.07. The van der Waals surface area contributed by atoms with E-state index in [1.165, 1.54) is 13.0 Å². The lowest BCUT2D eigenvalue weighted by Crippen LogP contribution is -2.40. The monoisotopic (exact) mass is 285 g/mol. The van der Waals surface area contributed by atoms with Crippen molar-refractivity contribution in [2.75, 3.05) is 0 Å². The molecule has 0 spiro atoms. The van der Waals surface area contributed by atoms with Crippen molar-refractivity contribution < 1.29 is 28.2 Å². The molecule has 2 rings (SSSR count). The normalized spacial score (nSPS) is 23.4. The molecule has 0 fully saturated rings. The number of nitriles is 1. The number of alkyl halides is 3. The van der Waals surface area contributed by atoms with Crippen LogP contribution >= 0.6 is 0 Å². The Balaban J connectivity index is 2.54. The maximum absolute atomic E-state index is 12.6. The third-order valence-electron chi connectivity index (χ3n) is 3.40. The highest BCUT2D eigenvalue weighted by atomic mass is 19.4. The Morgan fingerprint density at radius 1 is 1.40 bits per heavy atom. The molecule has 3 unspecified atom stereocenters. The van der Waals surface area contributed by atoms with Crippen LogP contribution in [-0.4, -0.2) is 28.3 Å². The van der Waals surface area contributed by atoms with E-state index in [1.54, 1.807) is 6.07 Å². The lowest BCUT2D eigenvalue weighted by atomic mass is 9.94. The van der Waals surface area contributed by atoms with Gasteiger partial charge in [0.15, 0.2) is 11.9 Å². The summed E-state index contributed by atoms with van der Waals surface area (Å²) >= 11 is 0. The van der Waals surface area contributed by atoms with Crippen LogP contribution < -0.4 is 0 Å². The zero-order valence-corrected chi connectivity index (χ0v) is 10.3. The van der Waals surface area contributed by atoms with Gasteiger partial charge in [-0.25, -0.2) is 0 Å². The van der Waals surface area contributed by atoms with E-state index in [-0.39, 0.29) is 16.7 Å². The van der Waals surface area contributed by atoms with Crippen molar-refractivity contribution in [3.8, 4) is 6.07 Å². The van der Waals surface area contributed by atoms with E-state index in [1.807, 2.05) is 0 Å². The van der Waals surface area contributed by atoms with Crippen LogP contribution in [0.3, 0.4) is 0 Å². The van der Waals surface area contributed by atoms with Gasteiger partial charge in [-0.1, -0.05) is 0 Å². The molecule has 1 aliphatic rings. The molecule has 0 saturated carbocycles. The van der Waals surface area contributed by atoms with Gasteiger partial charge in [-0.3, -0.25) is 4.79 Å². The summed E-state index contributed by atoms with van der Waals surface area (Å²) in [5.74, 6) is -2.99. The Labute approximate surface area is 112 Å². The number of aliphatic hydroxyl groups excluding tert-OH is 2. The minimum Gasteiger partial charge on any atom is -0.388 e. The predicted molar refractivity (Wildman–Crippen MR) is 60.7 cm³/mol. The zero-order valence-electron chi connectivity index (χ0n) is 10.3. The van der Waals surface area contributed by atoms with Gasteiger partial charge >= 0.3 is 6.18 Å². The number of halogens is 3. The third-order valence-corrected chi connectivity index (χ3v) is 3.40. The molecule has 1 aromatic carbocycles. The van der Waals surface area contributed by atoms with E-state index >= 15 is 0 Å². The van der Waals surface area contributed by atoms with Gasteiger partial charge in [0.25, 0.3) is 0 Å². The van der Waals surface area contributed by atoms with Gasteiger partial charge in [0, 0.05) is 5.56 Å². The number of hydrogen-bond acceptors (Lipinski definition) is 4. The molecule has 0 heterocycles. The molecule has 1 aliphatic carbocycles. The van der Waals surface area contributed by atoms with E-state index in [0.717, 1.165) is 6.07 Å². The number of benzene rings is 1. The van der Waals surface area contributed by atoms with Crippen molar-refractivity contribution in [2.24, 2.45) is 5.92 Å². The van der Waals surface area contributed by atoms with Crippen LogP contribution in [0.5, 0.6) is 0 Å².